The number of nitrogens with two attached hydrogens (primary N) is 1. The summed E-state index contributed by atoms with van der Waals surface area (Å²) in [7, 11) is 0. The van der Waals surface area contributed by atoms with E-state index in [0.29, 0.717) is 11.3 Å². The molecule has 2 atom stereocenters. The minimum atomic E-state index is -0.750. The molecule has 1 fully saturated rings. The molecule has 1 aromatic rings. The van der Waals surface area contributed by atoms with E-state index in [1.165, 1.54) is 4.90 Å². The molecular formula is C15H21N3O3. The molecule has 1 saturated heterocycles. The molecule has 0 aromatic heterocycles. The molecule has 1 aromatic carbocycles. The maximum atomic E-state index is 12.7. The lowest BCUT2D eigenvalue weighted by molar-refractivity contribution is -0.121. The Morgan fingerprint density at radius 3 is 2.67 bits per heavy atom. The molecule has 0 bridgehead atoms. The van der Waals surface area contributed by atoms with Gasteiger partial charge < -0.3 is 21.1 Å². The van der Waals surface area contributed by atoms with Gasteiger partial charge in [-0.15, -0.1) is 0 Å². The summed E-state index contributed by atoms with van der Waals surface area (Å²) in [6.45, 7) is 4.09. The van der Waals surface area contributed by atoms with E-state index >= 15 is 0 Å². The molecule has 1 aliphatic heterocycles. The van der Waals surface area contributed by atoms with Gasteiger partial charge in [0.2, 0.25) is 5.91 Å². The molecule has 2 unspecified atom stereocenters. The van der Waals surface area contributed by atoms with Crippen molar-refractivity contribution in [2.75, 3.05) is 11.9 Å². The monoisotopic (exact) mass is 291 g/mol. The zero-order chi connectivity index (χ0) is 15.6. The molecule has 6 heteroatoms. The van der Waals surface area contributed by atoms with Crippen LogP contribution in [0.3, 0.4) is 0 Å². The second-order valence-electron chi connectivity index (χ2n) is 5.61. The van der Waals surface area contributed by atoms with Gasteiger partial charge in [-0.1, -0.05) is 12.1 Å². The highest BCUT2D eigenvalue weighted by Crippen LogP contribution is 2.24. The molecule has 0 spiro atoms. The number of anilines is 1. The number of amides is 2. The summed E-state index contributed by atoms with van der Waals surface area (Å²) in [5.74, 6) is -0.881. The zero-order valence-corrected chi connectivity index (χ0v) is 12.2. The molecular weight excluding hydrogens is 270 g/mol. The summed E-state index contributed by atoms with van der Waals surface area (Å²) in [5, 5.41) is 12.9. The van der Waals surface area contributed by atoms with Crippen molar-refractivity contribution >= 4 is 17.5 Å². The van der Waals surface area contributed by atoms with E-state index in [2.05, 4.69) is 5.32 Å². The van der Waals surface area contributed by atoms with E-state index in [1.807, 2.05) is 26.0 Å². The van der Waals surface area contributed by atoms with Crippen LogP contribution >= 0.6 is 0 Å². The second-order valence-corrected chi connectivity index (χ2v) is 5.61. The van der Waals surface area contributed by atoms with Gasteiger partial charge in [-0.2, -0.15) is 0 Å². The molecule has 2 rings (SSSR count). The average Bonchev–Trinajstić information content (AvgIpc) is 2.80. The number of aliphatic hydroxyl groups is 1. The molecule has 2 amide bonds. The predicted octanol–water partition coefficient (Wildman–Crippen LogP) is 0.568. The van der Waals surface area contributed by atoms with Crippen molar-refractivity contribution in [2.45, 2.75) is 38.5 Å². The first-order chi connectivity index (χ1) is 9.90. The number of carbonyl (C=O) groups excluding carboxylic acids is 2. The maximum absolute atomic E-state index is 12.7. The Balaban J connectivity index is 2.29. The number of primary amides is 1. The number of likely N-dealkylation sites (tertiary alicyclic amines) is 1. The maximum Gasteiger partial charge on any atom is 0.256 e. The highest BCUT2D eigenvalue weighted by Gasteiger charge is 2.38. The summed E-state index contributed by atoms with van der Waals surface area (Å²) in [6.07, 6.45) is -0.516. The minimum absolute atomic E-state index is 0.127. The van der Waals surface area contributed by atoms with Crippen molar-refractivity contribution in [3.05, 3.63) is 29.8 Å². The molecule has 1 heterocycles. The largest absolute Gasteiger partial charge is 0.391 e. The second kappa shape index (κ2) is 6.13. The molecule has 0 radical (unpaired) electrons. The first-order valence-electron chi connectivity index (χ1n) is 7.04. The van der Waals surface area contributed by atoms with Crippen molar-refractivity contribution in [1.29, 1.82) is 0 Å². The lowest BCUT2D eigenvalue weighted by Gasteiger charge is -2.24. The van der Waals surface area contributed by atoms with Crippen molar-refractivity contribution in [3.63, 3.8) is 0 Å². The van der Waals surface area contributed by atoms with Gasteiger partial charge in [-0.3, -0.25) is 9.59 Å². The van der Waals surface area contributed by atoms with E-state index in [-0.39, 0.29) is 24.9 Å². The average molecular weight is 291 g/mol. The van der Waals surface area contributed by atoms with Crippen LogP contribution in [-0.4, -0.2) is 46.6 Å². The number of hydrogen-bond donors (Lipinski definition) is 3. The van der Waals surface area contributed by atoms with Crippen LogP contribution < -0.4 is 11.1 Å². The Bertz CT molecular complexity index is 545. The standard InChI is InChI=1S/C15H21N3O3/c1-9(2)17-12-6-4-3-5-11(12)15(21)18-8-10(19)7-13(18)14(16)20/h3-6,9-10,13,17,19H,7-8H2,1-2H3,(H2,16,20). The highest BCUT2D eigenvalue weighted by molar-refractivity contribution is 6.02. The lowest BCUT2D eigenvalue weighted by atomic mass is 10.1. The van der Waals surface area contributed by atoms with Crippen LogP contribution in [0.2, 0.25) is 0 Å². The van der Waals surface area contributed by atoms with E-state index in [9.17, 15) is 14.7 Å². The first kappa shape index (κ1) is 15.3. The van der Waals surface area contributed by atoms with Gasteiger partial charge >= 0.3 is 0 Å². The van der Waals surface area contributed by atoms with E-state index < -0.39 is 18.1 Å². The van der Waals surface area contributed by atoms with E-state index in [1.54, 1.807) is 12.1 Å². The number of benzene rings is 1. The summed E-state index contributed by atoms with van der Waals surface area (Å²) in [6, 6.07) is 6.56. The summed E-state index contributed by atoms with van der Waals surface area (Å²) in [4.78, 5) is 25.5. The SMILES string of the molecule is CC(C)Nc1ccccc1C(=O)N1CC(O)CC1C(N)=O. The van der Waals surface area contributed by atoms with Gasteiger partial charge in [0.15, 0.2) is 0 Å². The van der Waals surface area contributed by atoms with Crippen molar-refractivity contribution in [1.82, 2.24) is 4.90 Å². The fourth-order valence-electron chi connectivity index (χ4n) is 2.57. The van der Waals surface area contributed by atoms with E-state index in [4.69, 9.17) is 5.73 Å². The fourth-order valence-corrected chi connectivity index (χ4v) is 2.57. The Labute approximate surface area is 123 Å². The molecule has 4 N–H and O–H groups in total. The van der Waals surface area contributed by atoms with Crippen LogP contribution in [0.15, 0.2) is 24.3 Å². The van der Waals surface area contributed by atoms with Gasteiger partial charge in [0.1, 0.15) is 6.04 Å². The van der Waals surface area contributed by atoms with Crippen LogP contribution in [0, 0.1) is 0 Å². The Morgan fingerprint density at radius 1 is 1.38 bits per heavy atom. The smallest absolute Gasteiger partial charge is 0.256 e. The van der Waals surface area contributed by atoms with Crippen LogP contribution in [0.5, 0.6) is 0 Å². The summed E-state index contributed by atoms with van der Waals surface area (Å²) in [5.41, 5.74) is 6.51. The quantitative estimate of drug-likeness (QED) is 0.755. The Kier molecular flexibility index (Phi) is 4.47. The summed E-state index contributed by atoms with van der Waals surface area (Å²) < 4.78 is 0. The highest BCUT2D eigenvalue weighted by atomic mass is 16.3. The molecule has 21 heavy (non-hydrogen) atoms. The van der Waals surface area contributed by atoms with Crippen LogP contribution in [0.25, 0.3) is 0 Å². The number of hydrogen-bond acceptors (Lipinski definition) is 4. The van der Waals surface area contributed by atoms with Crippen LogP contribution in [-0.2, 0) is 4.79 Å². The number of rotatable bonds is 4. The fraction of sp³-hybridized carbons (Fsp3) is 0.467. The number of nitrogens with zero attached hydrogens (tertiary/aromatic N) is 1. The van der Waals surface area contributed by atoms with Gasteiger partial charge in [0, 0.05) is 24.7 Å². The van der Waals surface area contributed by atoms with Crippen molar-refractivity contribution in [3.8, 4) is 0 Å². The van der Waals surface area contributed by atoms with Gasteiger partial charge in [-0.25, -0.2) is 0 Å². The summed E-state index contributed by atoms with van der Waals surface area (Å²) >= 11 is 0. The number of aliphatic hydroxyl groups excluding tert-OH is 1. The molecule has 114 valence electrons. The Morgan fingerprint density at radius 2 is 2.05 bits per heavy atom. The van der Waals surface area contributed by atoms with Crippen LogP contribution in [0.1, 0.15) is 30.6 Å². The number of β-amino-alcohol motifs (C(OH)–C–C–N with tert-alkyl or cyclic N) is 1. The number of para-hydroxylation sites is 1. The number of carbonyl (C=O) groups is 2. The first-order valence-corrected chi connectivity index (χ1v) is 7.04. The van der Waals surface area contributed by atoms with Crippen LogP contribution in [0.4, 0.5) is 5.69 Å². The minimum Gasteiger partial charge on any atom is -0.391 e. The normalized spacial score (nSPS) is 21.6. The van der Waals surface area contributed by atoms with Gasteiger partial charge in [0.25, 0.3) is 5.91 Å². The molecule has 0 saturated carbocycles. The number of nitrogens with one attached hydrogen (secondary N) is 1. The van der Waals surface area contributed by atoms with Crippen molar-refractivity contribution < 1.29 is 14.7 Å². The third kappa shape index (κ3) is 3.33. The molecule has 1 aliphatic rings. The van der Waals surface area contributed by atoms with E-state index in [0.717, 1.165) is 0 Å². The van der Waals surface area contributed by atoms with Gasteiger partial charge in [-0.05, 0) is 26.0 Å². The topological polar surface area (TPSA) is 95.7 Å². The van der Waals surface area contributed by atoms with Gasteiger partial charge in [0.05, 0.1) is 11.7 Å². The molecule has 6 nitrogen and oxygen atoms in total. The van der Waals surface area contributed by atoms with Crippen molar-refractivity contribution in [2.24, 2.45) is 5.73 Å². The predicted molar refractivity (Wildman–Crippen MR) is 79.8 cm³/mol. The third-order valence-electron chi connectivity index (χ3n) is 3.47. The zero-order valence-electron chi connectivity index (χ0n) is 12.2. The molecule has 0 aliphatic carbocycles. The Hall–Kier alpha value is -2.08. The lowest BCUT2D eigenvalue weighted by Crippen LogP contribution is -2.44. The third-order valence-corrected chi connectivity index (χ3v) is 3.47.